The van der Waals surface area contributed by atoms with Gasteiger partial charge in [0.05, 0.1) is 6.54 Å². The monoisotopic (exact) mass is 262 g/mol. The van der Waals surface area contributed by atoms with Crippen molar-refractivity contribution in [1.29, 1.82) is 0 Å². The second-order valence-corrected chi connectivity index (χ2v) is 5.80. The summed E-state index contributed by atoms with van der Waals surface area (Å²) >= 11 is 0. The molecule has 2 fully saturated rings. The van der Waals surface area contributed by atoms with Gasteiger partial charge >= 0.3 is 0 Å². The highest BCUT2D eigenvalue weighted by molar-refractivity contribution is 5.92. The lowest BCUT2D eigenvalue weighted by atomic mass is 10.0. The van der Waals surface area contributed by atoms with Crippen LogP contribution >= 0.6 is 0 Å². The summed E-state index contributed by atoms with van der Waals surface area (Å²) in [5, 5.41) is 6.01. The second-order valence-electron chi connectivity index (χ2n) is 5.80. The third kappa shape index (κ3) is 3.13. The topological polar surface area (TPSA) is 41.1 Å². The van der Waals surface area contributed by atoms with Crippen molar-refractivity contribution in [2.45, 2.75) is 25.7 Å². The summed E-state index contributed by atoms with van der Waals surface area (Å²) < 4.78 is 12.7. The van der Waals surface area contributed by atoms with Gasteiger partial charge < -0.3 is 10.6 Å². The minimum Gasteiger partial charge on any atom is -0.325 e. The van der Waals surface area contributed by atoms with Gasteiger partial charge in [-0.05, 0) is 61.3 Å². The molecule has 0 unspecified atom stereocenters. The van der Waals surface area contributed by atoms with Gasteiger partial charge in [0, 0.05) is 12.2 Å². The molecule has 19 heavy (non-hydrogen) atoms. The highest BCUT2D eigenvalue weighted by Gasteiger charge is 2.53. The average Bonchev–Trinajstić information content (AvgIpc) is 3.25. The third-order valence-corrected chi connectivity index (χ3v) is 4.23. The number of carbonyl (C=O) groups is 1. The summed E-state index contributed by atoms with van der Waals surface area (Å²) in [5.41, 5.74) is 1.15. The van der Waals surface area contributed by atoms with E-state index in [0.29, 0.717) is 17.6 Å². The van der Waals surface area contributed by atoms with E-state index >= 15 is 0 Å². The van der Waals surface area contributed by atoms with Crippen LogP contribution in [0.4, 0.5) is 10.1 Å². The lowest BCUT2D eigenvalue weighted by molar-refractivity contribution is -0.115. The van der Waals surface area contributed by atoms with Gasteiger partial charge in [0.15, 0.2) is 0 Å². The zero-order valence-electron chi connectivity index (χ0n) is 10.9. The zero-order chi connectivity index (χ0) is 13.3. The Bertz CT molecular complexity index is 464. The van der Waals surface area contributed by atoms with E-state index < -0.39 is 0 Å². The molecule has 0 aromatic heterocycles. The smallest absolute Gasteiger partial charge is 0.238 e. The van der Waals surface area contributed by atoms with Gasteiger partial charge in [0.1, 0.15) is 5.82 Å². The molecular formula is C15H19FN2O. The van der Waals surface area contributed by atoms with Crippen LogP contribution in [0.5, 0.6) is 0 Å². The van der Waals surface area contributed by atoms with Crippen LogP contribution in [-0.4, -0.2) is 19.0 Å². The summed E-state index contributed by atoms with van der Waals surface area (Å²) in [6.45, 7) is 1.28. The SMILES string of the molecule is O=C(CNCC1(C2CC2)CC1)Nc1ccc(F)cc1. The Labute approximate surface area is 112 Å². The molecule has 0 aliphatic heterocycles. The Morgan fingerprint density at radius 3 is 2.53 bits per heavy atom. The van der Waals surface area contributed by atoms with Gasteiger partial charge in [-0.2, -0.15) is 0 Å². The van der Waals surface area contributed by atoms with Crippen LogP contribution in [0, 0.1) is 17.2 Å². The van der Waals surface area contributed by atoms with Crippen LogP contribution in [-0.2, 0) is 4.79 Å². The van der Waals surface area contributed by atoms with E-state index in [-0.39, 0.29) is 11.7 Å². The number of nitrogens with one attached hydrogen (secondary N) is 2. The molecule has 1 amide bonds. The fourth-order valence-corrected chi connectivity index (χ4v) is 2.75. The molecule has 0 spiro atoms. The molecule has 3 nitrogen and oxygen atoms in total. The number of hydrogen-bond acceptors (Lipinski definition) is 2. The molecule has 3 rings (SSSR count). The van der Waals surface area contributed by atoms with Crippen LogP contribution in [0.3, 0.4) is 0 Å². The minimum atomic E-state index is -0.295. The number of anilines is 1. The van der Waals surface area contributed by atoms with Crippen LogP contribution in [0.15, 0.2) is 24.3 Å². The summed E-state index contributed by atoms with van der Waals surface area (Å²) in [5.74, 6) is 0.537. The fourth-order valence-electron chi connectivity index (χ4n) is 2.75. The van der Waals surface area contributed by atoms with E-state index in [2.05, 4.69) is 10.6 Å². The number of carbonyl (C=O) groups excluding carboxylic acids is 1. The Morgan fingerprint density at radius 2 is 1.95 bits per heavy atom. The van der Waals surface area contributed by atoms with E-state index in [9.17, 15) is 9.18 Å². The highest BCUT2D eigenvalue weighted by atomic mass is 19.1. The molecule has 0 saturated heterocycles. The van der Waals surface area contributed by atoms with Crippen molar-refractivity contribution in [3.63, 3.8) is 0 Å². The van der Waals surface area contributed by atoms with Gasteiger partial charge in [-0.1, -0.05) is 0 Å². The lowest BCUT2D eigenvalue weighted by Crippen LogP contribution is -2.33. The predicted octanol–water partition coefficient (Wildman–Crippen LogP) is 2.54. The first-order valence-corrected chi connectivity index (χ1v) is 6.94. The molecule has 0 bridgehead atoms. The summed E-state index contributed by atoms with van der Waals surface area (Å²) in [6, 6.07) is 5.82. The largest absolute Gasteiger partial charge is 0.325 e. The van der Waals surface area contributed by atoms with Crippen LogP contribution in [0.1, 0.15) is 25.7 Å². The first-order valence-electron chi connectivity index (χ1n) is 6.94. The molecule has 2 N–H and O–H groups in total. The Morgan fingerprint density at radius 1 is 1.26 bits per heavy atom. The summed E-state index contributed by atoms with van der Waals surface area (Å²) in [7, 11) is 0. The predicted molar refractivity (Wildman–Crippen MR) is 72.3 cm³/mol. The molecule has 1 aromatic rings. The molecule has 0 atom stereocenters. The van der Waals surface area contributed by atoms with Gasteiger partial charge in [-0.15, -0.1) is 0 Å². The van der Waals surface area contributed by atoms with Crippen molar-refractivity contribution >= 4 is 11.6 Å². The number of halogens is 1. The first-order chi connectivity index (χ1) is 9.18. The maximum absolute atomic E-state index is 12.7. The standard InChI is InChI=1S/C15H19FN2O/c16-12-3-5-13(6-4-12)18-14(19)9-17-10-15(7-8-15)11-1-2-11/h3-6,11,17H,1-2,7-10H2,(H,18,19). The molecule has 0 radical (unpaired) electrons. The Balaban J connectivity index is 1.40. The number of amides is 1. The number of benzene rings is 1. The molecule has 2 saturated carbocycles. The van der Waals surface area contributed by atoms with Crippen molar-refractivity contribution < 1.29 is 9.18 Å². The quantitative estimate of drug-likeness (QED) is 0.827. The molecule has 2 aliphatic carbocycles. The minimum absolute atomic E-state index is 0.0711. The van der Waals surface area contributed by atoms with Crippen molar-refractivity contribution in [3.05, 3.63) is 30.1 Å². The van der Waals surface area contributed by atoms with Gasteiger partial charge in [0.25, 0.3) is 0 Å². The molecule has 0 heterocycles. The van der Waals surface area contributed by atoms with Gasteiger partial charge in [-0.3, -0.25) is 4.79 Å². The van der Waals surface area contributed by atoms with E-state index in [4.69, 9.17) is 0 Å². The van der Waals surface area contributed by atoms with Gasteiger partial charge in [0.2, 0.25) is 5.91 Å². The summed E-state index contributed by atoms with van der Waals surface area (Å²) in [4.78, 5) is 11.7. The summed E-state index contributed by atoms with van der Waals surface area (Å²) in [6.07, 6.45) is 5.35. The van der Waals surface area contributed by atoms with Gasteiger partial charge in [-0.25, -0.2) is 4.39 Å². The van der Waals surface area contributed by atoms with E-state index in [1.807, 2.05) is 0 Å². The normalized spacial score (nSPS) is 20.1. The molecule has 1 aromatic carbocycles. The Kier molecular flexibility index (Phi) is 3.27. The van der Waals surface area contributed by atoms with Crippen molar-refractivity contribution in [2.24, 2.45) is 11.3 Å². The van der Waals surface area contributed by atoms with E-state index in [1.165, 1.54) is 37.8 Å². The fraction of sp³-hybridized carbons (Fsp3) is 0.533. The second kappa shape index (κ2) is 4.93. The van der Waals surface area contributed by atoms with Crippen molar-refractivity contribution in [1.82, 2.24) is 5.32 Å². The number of rotatable bonds is 6. The van der Waals surface area contributed by atoms with Crippen molar-refractivity contribution in [3.8, 4) is 0 Å². The van der Waals surface area contributed by atoms with Crippen molar-refractivity contribution in [2.75, 3.05) is 18.4 Å². The Hall–Kier alpha value is -1.42. The lowest BCUT2D eigenvalue weighted by Gasteiger charge is -2.14. The maximum atomic E-state index is 12.7. The first kappa shape index (κ1) is 12.6. The average molecular weight is 262 g/mol. The molecule has 102 valence electrons. The van der Waals surface area contributed by atoms with E-state index in [1.54, 1.807) is 12.1 Å². The molecular weight excluding hydrogens is 243 g/mol. The maximum Gasteiger partial charge on any atom is 0.238 e. The zero-order valence-corrected chi connectivity index (χ0v) is 10.9. The molecule has 2 aliphatic rings. The van der Waals surface area contributed by atoms with Crippen LogP contribution < -0.4 is 10.6 Å². The molecule has 4 heteroatoms. The van der Waals surface area contributed by atoms with Crippen LogP contribution in [0.25, 0.3) is 0 Å². The van der Waals surface area contributed by atoms with E-state index in [0.717, 1.165) is 12.5 Å². The third-order valence-electron chi connectivity index (χ3n) is 4.23. The highest BCUT2D eigenvalue weighted by Crippen LogP contribution is 2.60. The van der Waals surface area contributed by atoms with Crippen LogP contribution in [0.2, 0.25) is 0 Å². The number of hydrogen-bond donors (Lipinski definition) is 2.